The molecule has 0 amide bonds. The van der Waals surface area contributed by atoms with Crippen LogP contribution in [0.2, 0.25) is 0 Å². The molecule has 2 aliphatic rings. The van der Waals surface area contributed by atoms with Gasteiger partial charge in [0.25, 0.3) is 0 Å². The molecule has 0 spiro atoms. The second-order valence-electron chi connectivity index (χ2n) is 6.58. The average Bonchev–Trinajstić information content (AvgIpc) is 3.52. The average molecular weight is 425 g/mol. The van der Waals surface area contributed by atoms with E-state index in [0.717, 1.165) is 35.5 Å². The molecule has 0 heterocycles. The highest BCUT2D eigenvalue weighted by Crippen LogP contribution is 2.51. The minimum absolute atomic E-state index is 0.286. The van der Waals surface area contributed by atoms with Crippen LogP contribution in [0.3, 0.4) is 0 Å². The zero-order valence-corrected chi connectivity index (χ0v) is 17.0. The molecule has 0 radical (unpaired) electrons. The molecule has 2 saturated carbocycles. The predicted molar refractivity (Wildman–Crippen MR) is 103 cm³/mol. The van der Waals surface area contributed by atoms with Gasteiger partial charge in [-0.1, -0.05) is 33.7 Å². The third kappa shape index (κ3) is 4.26. The first-order valence-corrected chi connectivity index (χ1v) is 12.6. The van der Waals surface area contributed by atoms with E-state index in [-0.39, 0.29) is 9.79 Å². The molecule has 4 nitrogen and oxygen atoms in total. The first-order chi connectivity index (χ1) is 12.5. The van der Waals surface area contributed by atoms with Crippen molar-refractivity contribution < 1.29 is 17.5 Å². The van der Waals surface area contributed by atoms with Gasteiger partial charge in [-0.2, -0.15) is 0 Å². The van der Waals surface area contributed by atoms with Crippen molar-refractivity contribution in [1.29, 1.82) is 0 Å². The van der Waals surface area contributed by atoms with E-state index in [0.29, 0.717) is 11.8 Å². The summed E-state index contributed by atoms with van der Waals surface area (Å²) in [7, 11) is 3.04. The van der Waals surface area contributed by atoms with Crippen LogP contribution in [-0.2, 0) is 22.2 Å². The highest BCUT2D eigenvalue weighted by atomic mass is 33.1. The van der Waals surface area contributed by atoms with Gasteiger partial charge in [0.05, 0.1) is 0 Å². The van der Waals surface area contributed by atoms with Crippen molar-refractivity contribution in [2.24, 2.45) is 0 Å². The maximum Gasteiger partial charge on any atom is 0.0260 e. The van der Waals surface area contributed by atoms with E-state index in [1.165, 1.54) is 32.7 Å². The largest absolute Gasteiger partial charge is 0.768 e. The maximum atomic E-state index is 11.3. The molecule has 138 valence electrons. The normalized spacial score (nSPS) is 19.3. The van der Waals surface area contributed by atoms with Crippen LogP contribution >= 0.6 is 21.6 Å². The SMILES string of the molecule is O=S([O-])c1ccc(C2CC2)c(SSc2cc(S(=O)[O-])ccc2C2CC2)c1. The van der Waals surface area contributed by atoms with Gasteiger partial charge in [0.1, 0.15) is 0 Å². The minimum Gasteiger partial charge on any atom is -0.768 e. The molecule has 2 aromatic carbocycles. The molecule has 8 heteroatoms. The van der Waals surface area contributed by atoms with Crippen molar-refractivity contribution >= 4 is 43.7 Å². The Hall–Kier alpha value is -0.640. The summed E-state index contributed by atoms with van der Waals surface area (Å²) in [4.78, 5) is 2.48. The molecule has 0 aliphatic heterocycles. The first kappa shape index (κ1) is 18.7. The Morgan fingerprint density at radius 1 is 0.731 bits per heavy atom. The summed E-state index contributed by atoms with van der Waals surface area (Å²) in [6.45, 7) is 0. The van der Waals surface area contributed by atoms with Crippen LogP contribution < -0.4 is 0 Å². The highest BCUT2D eigenvalue weighted by Gasteiger charge is 2.28. The van der Waals surface area contributed by atoms with Crippen molar-refractivity contribution in [2.45, 2.75) is 57.1 Å². The summed E-state index contributed by atoms with van der Waals surface area (Å²) in [6.07, 6.45) is 4.54. The Balaban J connectivity index is 1.62. The third-order valence-electron chi connectivity index (χ3n) is 4.61. The number of rotatable bonds is 7. The molecular weight excluding hydrogens is 408 g/mol. The summed E-state index contributed by atoms with van der Waals surface area (Å²) < 4.78 is 45.2. The Morgan fingerprint density at radius 2 is 1.12 bits per heavy atom. The third-order valence-corrected chi connectivity index (χ3v) is 8.37. The van der Waals surface area contributed by atoms with Crippen molar-refractivity contribution in [3.05, 3.63) is 47.5 Å². The Labute approximate surface area is 165 Å². The van der Waals surface area contributed by atoms with Gasteiger partial charge in [-0.15, -0.1) is 0 Å². The molecule has 2 aromatic rings. The van der Waals surface area contributed by atoms with E-state index >= 15 is 0 Å². The summed E-state index contributed by atoms with van der Waals surface area (Å²) >= 11 is -4.51. The van der Waals surface area contributed by atoms with E-state index in [2.05, 4.69) is 0 Å². The van der Waals surface area contributed by atoms with Crippen LogP contribution in [0.15, 0.2) is 56.0 Å². The van der Waals surface area contributed by atoms with Gasteiger partial charge in [0.15, 0.2) is 0 Å². The number of hydrogen-bond acceptors (Lipinski definition) is 6. The number of benzene rings is 2. The summed E-state index contributed by atoms with van der Waals surface area (Å²) in [5.41, 5.74) is 2.38. The zero-order valence-electron chi connectivity index (χ0n) is 13.7. The lowest BCUT2D eigenvalue weighted by atomic mass is 10.1. The summed E-state index contributed by atoms with van der Waals surface area (Å²) in [5, 5.41) is 0. The Kier molecular flexibility index (Phi) is 5.59. The fourth-order valence-electron chi connectivity index (χ4n) is 2.93. The fraction of sp³-hybridized carbons (Fsp3) is 0.333. The van der Waals surface area contributed by atoms with Crippen LogP contribution in [0.25, 0.3) is 0 Å². The molecule has 0 bridgehead atoms. The number of hydrogen-bond donors (Lipinski definition) is 0. The van der Waals surface area contributed by atoms with E-state index in [4.69, 9.17) is 0 Å². The van der Waals surface area contributed by atoms with Crippen LogP contribution in [0.5, 0.6) is 0 Å². The summed E-state index contributed by atoms with van der Waals surface area (Å²) in [6, 6.07) is 10.6. The molecule has 2 fully saturated rings. The van der Waals surface area contributed by atoms with Crippen LogP contribution in [-0.4, -0.2) is 17.5 Å². The Morgan fingerprint density at radius 3 is 1.42 bits per heavy atom. The molecule has 0 aromatic heterocycles. The van der Waals surface area contributed by atoms with Gasteiger partial charge in [-0.3, -0.25) is 8.42 Å². The topological polar surface area (TPSA) is 80.3 Å². The van der Waals surface area contributed by atoms with Gasteiger partial charge in [-0.05, 0) is 95.1 Å². The molecule has 26 heavy (non-hydrogen) atoms. The fourth-order valence-corrected chi connectivity index (χ4v) is 6.47. The van der Waals surface area contributed by atoms with E-state index in [1.54, 1.807) is 24.3 Å². The first-order valence-electron chi connectivity index (χ1n) is 8.34. The summed E-state index contributed by atoms with van der Waals surface area (Å²) in [5.74, 6) is 1.02. The van der Waals surface area contributed by atoms with Gasteiger partial charge in [0, 0.05) is 19.6 Å². The lowest BCUT2D eigenvalue weighted by molar-refractivity contribution is 0.535. The molecule has 2 unspecified atom stereocenters. The quantitative estimate of drug-likeness (QED) is 0.473. The van der Waals surface area contributed by atoms with Crippen LogP contribution in [0.4, 0.5) is 0 Å². The predicted octanol–water partition coefficient (Wildman–Crippen LogP) is 4.72. The van der Waals surface area contributed by atoms with E-state index in [9.17, 15) is 17.5 Å². The standard InChI is InChI=1S/C18H18O4S4/c19-25(20)13-5-7-15(11-1-2-11)17(9-13)23-24-18-10-14(26(21)22)6-8-16(18)12-3-4-12/h5-12H,1-4H2,(H,19,20)(H,21,22)/p-2. The maximum absolute atomic E-state index is 11.3. The van der Waals surface area contributed by atoms with Crippen molar-refractivity contribution in [2.75, 3.05) is 0 Å². The van der Waals surface area contributed by atoms with Crippen molar-refractivity contribution in [3.63, 3.8) is 0 Å². The van der Waals surface area contributed by atoms with Gasteiger partial charge < -0.3 is 9.11 Å². The molecule has 4 rings (SSSR count). The molecule has 2 atom stereocenters. The lowest BCUT2D eigenvalue weighted by Gasteiger charge is -2.14. The van der Waals surface area contributed by atoms with E-state index < -0.39 is 22.2 Å². The Bertz CT molecular complexity index is 817. The monoisotopic (exact) mass is 424 g/mol. The molecular formula is C18H16O4S4-2. The zero-order chi connectivity index (χ0) is 18.3. The molecule has 0 saturated heterocycles. The van der Waals surface area contributed by atoms with Crippen LogP contribution in [0, 0.1) is 0 Å². The smallest absolute Gasteiger partial charge is 0.0260 e. The van der Waals surface area contributed by atoms with Gasteiger partial charge in [0.2, 0.25) is 0 Å². The van der Waals surface area contributed by atoms with Crippen molar-refractivity contribution in [1.82, 2.24) is 0 Å². The van der Waals surface area contributed by atoms with E-state index in [1.807, 2.05) is 12.1 Å². The van der Waals surface area contributed by atoms with Gasteiger partial charge >= 0.3 is 0 Å². The van der Waals surface area contributed by atoms with Gasteiger partial charge in [-0.25, -0.2) is 0 Å². The van der Waals surface area contributed by atoms with Crippen LogP contribution in [0.1, 0.15) is 48.6 Å². The minimum atomic E-state index is -2.25. The molecule has 0 N–H and O–H groups in total. The molecule has 2 aliphatic carbocycles. The second-order valence-corrected chi connectivity index (χ2v) is 10.7. The lowest BCUT2D eigenvalue weighted by Crippen LogP contribution is -1.93. The van der Waals surface area contributed by atoms with Crippen molar-refractivity contribution in [3.8, 4) is 0 Å². The second kappa shape index (κ2) is 7.77. The highest BCUT2D eigenvalue weighted by molar-refractivity contribution is 8.76.